The minimum Gasteiger partial charge on any atom is -0.388 e. The quantitative estimate of drug-likeness (QED) is 0.630. The molecule has 1 saturated carbocycles. The largest absolute Gasteiger partial charge is 0.388 e. The van der Waals surface area contributed by atoms with E-state index in [9.17, 15) is 5.11 Å². The monoisotopic (exact) mass is 173 g/mol. The van der Waals surface area contributed by atoms with Gasteiger partial charge in [0.25, 0.3) is 0 Å². The van der Waals surface area contributed by atoms with Crippen LogP contribution in [0.5, 0.6) is 0 Å². The maximum absolute atomic E-state index is 10.1. The summed E-state index contributed by atoms with van der Waals surface area (Å²) >= 11 is 0. The van der Waals surface area contributed by atoms with Crippen LogP contribution < -0.4 is 5.48 Å². The Labute approximate surface area is 74.1 Å². The van der Waals surface area contributed by atoms with E-state index >= 15 is 0 Å². The highest BCUT2D eigenvalue weighted by atomic mass is 16.6. The molecule has 12 heavy (non-hydrogen) atoms. The molecule has 0 aromatic heterocycles. The first-order valence-corrected chi connectivity index (χ1v) is 4.70. The van der Waals surface area contributed by atoms with Crippen LogP contribution in [0.4, 0.5) is 0 Å². The Hall–Kier alpha value is -0.120. The van der Waals surface area contributed by atoms with Crippen LogP contribution in [-0.4, -0.2) is 23.9 Å². The molecule has 1 fully saturated rings. The third-order valence-electron chi connectivity index (χ3n) is 2.82. The van der Waals surface area contributed by atoms with Gasteiger partial charge in [-0.3, -0.25) is 0 Å². The first-order chi connectivity index (χ1) is 5.69. The van der Waals surface area contributed by atoms with Crippen molar-refractivity contribution in [3.63, 3.8) is 0 Å². The van der Waals surface area contributed by atoms with Gasteiger partial charge in [-0.1, -0.05) is 19.3 Å². The number of rotatable bonds is 3. The van der Waals surface area contributed by atoms with Gasteiger partial charge in [0.05, 0.1) is 18.8 Å². The first-order valence-electron chi connectivity index (χ1n) is 4.70. The van der Waals surface area contributed by atoms with E-state index in [0.717, 1.165) is 25.7 Å². The van der Waals surface area contributed by atoms with Crippen LogP contribution in [-0.2, 0) is 4.84 Å². The lowest BCUT2D eigenvalue weighted by molar-refractivity contribution is -0.0731. The fraction of sp³-hybridized carbons (Fsp3) is 1.00. The van der Waals surface area contributed by atoms with Gasteiger partial charge in [0, 0.05) is 0 Å². The fourth-order valence-electron chi connectivity index (χ4n) is 1.88. The second-order valence-electron chi connectivity index (χ2n) is 3.71. The van der Waals surface area contributed by atoms with E-state index in [2.05, 4.69) is 5.48 Å². The summed E-state index contributed by atoms with van der Waals surface area (Å²) < 4.78 is 0. The highest BCUT2D eigenvalue weighted by Gasteiger charge is 2.34. The van der Waals surface area contributed by atoms with Crippen molar-refractivity contribution in [3.05, 3.63) is 0 Å². The molecule has 2 N–H and O–H groups in total. The lowest BCUT2D eigenvalue weighted by Crippen LogP contribution is -2.49. The Bertz CT molecular complexity index is 132. The summed E-state index contributed by atoms with van der Waals surface area (Å²) in [6.07, 6.45) is 5.30. The highest BCUT2D eigenvalue weighted by Crippen LogP contribution is 2.30. The van der Waals surface area contributed by atoms with Crippen molar-refractivity contribution in [2.45, 2.75) is 50.7 Å². The summed E-state index contributed by atoms with van der Waals surface area (Å²) in [5, 5.41) is 10.1. The van der Waals surface area contributed by atoms with Crippen molar-refractivity contribution >= 4 is 0 Å². The molecule has 0 aromatic carbocycles. The molecule has 0 aliphatic heterocycles. The smallest absolute Gasteiger partial charge is 0.0820 e. The van der Waals surface area contributed by atoms with Crippen molar-refractivity contribution < 1.29 is 9.94 Å². The van der Waals surface area contributed by atoms with E-state index in [-0.39, 0.29) is 6.04 Å². The molecule has 1 aliphatic rings. The van der Waals surface area contributed by atoms with Crippen molar-refractivity contribution in [1.82, 2.24) is 5.48 Å². The molecule has 1 atom stereocenters. The van der Waals surface area contributed by atoms with Gasteiger partial charge in [-0.2, -0.15) is 5.48 Å². The summed E-state index contributed by atoms with van der Waals surface area (Å²) in [5.74, 6) is 0. The number of aliphatic hydroxyl groups is 1. The molecule has 0 heterocycles. The van der Waals surface area contributed by atoms with Crippen LogP contribution in [0.25, 0.3) is 0 Å². The second-order valence-corrected chi connectivity index (χ2v) is 3.71. The van der Waals surface area contributed by atoms with Crippen LogP contribution in [0, 0.1) is 0 Å². The van der Waals surface area contributed by atoms with Gasteiger partial charge in [-0.05, 0) is 19.8 Å². The molecule has 0 radical (unpaired) electrons. The second kappa shape index (κ2) is 4.21. The molecule has 0 bridgehead atoms. The van der Waals surface area contributed by atoms with Crippen molar-refractivity contribution in [2.24, 2.45) is 0 Å². The number of hydroxylamine groups is 1. The minimum atomic E-state index is -0.547. The summed E-state index contributed by atoms with van der Waals surface area (Å²) in [7, 11) is 1.59. The van der Waals surface area contributed by atoms with Crippen LogP contribution in [0.15, 0.2) is 0 Å². The van der Waals surface area contributed by atoms with Gasteiger partial charge in [-0.15, -0.1) is 0 Å². The number of hydrogen-bond donors (Lipinski definition) is 2. The standard InChI is InChI=1S/C9H19NO2/c1-8(10-12-2)9(11)6-4-3-5-7-9/h8,10-11H,3-7H2,1-2H3. The summed E-state index contributed by atoms with van der Waals surface area (Å²) in [4.78, 5) is 4.81. The number of hydrogen-bond acceptors (Lipinski definition) is 3. The van der Waals surface area contributed by atoms with E-state index in [0.29, 0.717) is 0 Å². The Kier molecular flexibility index (Phi) is 3.50. The van der Waals surface area contributed by atoms with Crippen molar-refractivity contribution in [2.75, 3.05) is 7.11 Å². The van der Waals surface area contributed by atoms with Crippen LogP contribution in [0.2, 0.25) is 0 Å². The van der Waals surface area contributed by atoms with E-state index in [1.54, 1.807) is 7.11 Å². The summed E-state index contributed by atoms with van der Waals surface area (Å²) in [6.45, 7) is 1.97. The molecule has 0 spiro atoms. The maximum Gasteiger partial charge on any atom is 0.0820 e. The molecule has 1 rings (SSSR count). The SMILES string of the molecule is CONC(C)C1(O)CCCCC1. The lowest BCUT2D eigenvalue weighted by Gasteiger charge is -2.37. The Balaban J connectivity index is 2.44. The van der Waals surface area contributed by atoms with E-state index in [4.69, 9.17) is 4.84 Å². The Morgan fingerprint density at radius 1 is 1.33 bits per heavy atom. The van der Waals surface area contributed by atoms with Crippen LogP contribution in [0.3, 0.4) is 0 Å². The third-order valence-corrected chi connectivity index (χ3v) is 2.82. The molecule has 1 unspecified atom stereocenters. The molecule has 3 nitrogen and oxygen atoms in total. The Morgan fingerprint density at radius 2 is 1.92 bits per heavy atom. The molecule has 72 valence electrons. The van der Waals surface area contributed by atoms with E-state index in [1.807, 2.05) is 6.92 Å². The molecule has 0 amide bonds. The van der Waals surface area contributed by atoms with Gasteiger partial charge in [0.1, 0.15) is 0 Å². The van der Waals surface area contributed by atoms with E-state index < -0.39 is 5.60 Å². The zero-order chi connectivity index (χ0) is 9.03. The minimum absolute atomic E-state index is 0.0304. The van der Waals surface area contributed by atoms with Crippen LogP contribution >= 0.6 is 0 Å². The zero-order valence-electron chi connectivity index (χ0n) is 7.97. The average molecular weight is 173 g/mol. The van der Waals surface area contributed by atoms with Crippen molar-refractivity contribution in [1.29, 1.82) is 0 Å². The Morgan fingerprint density at radius 3 is 2.42 bits per heavy atom. The van der Waals surface area contributed by atoms with E-state index in [1.165, 1.54) is 6.42 Å². The van der Waals surface area contributed by atoms with Crippen molar-refractivity contribution in [3.8, 4) is 0 Å². The first kappa shape index (κ1) is 9.96. The fourth-order valence-corrected chi connectivity index (χ4v) is 1.88. The zero-order valence-corrected chi connectivity index (χ0v) is 7.97. The summed E-state index contributed by atoms with van der Waals surface area (Å²) in [6, 6.07) is 0.0304. The molecule has 3 heteroatoms. The van der Waals surface area contributed by atoms with Gasteiger partial charge in [-0.25, -0.2) is 0 Å². The predicted molar refractivity (Wildman–Crippen MR) is 47.6 cm³/mol. The molecular formula is C9H19NO2. The van der Waals surface area contributed by atoms with Gasteiger partial charge >= 0.3 is 0 Å². The van der Waals surface area contributed by atoms with Gasteiger partial charge < -0.3 is 9.94 Å². The molecule has 1 aliphatic carbocycles. The third kappa shape index (κ3) is 2.19. The summed E-state index contributed by atoms with van der Waals surface area (Å²) in [5.41, 5.74) is 2.26. The predicted octanol–water partition coefficient (Wildman–Crippen LogP) is 1.22. The normalized spacial score (nSPS) is 25.2. The van der Waals surface area contributed by atoms with Crippen LogP contribution in [0.1, 0.15) is 39.0 Å². The molecule has 0 saturated heterocycles. The average Bonchev–Trinajstić information content (AvgIpc) is 2.06. The molecule has 0 aromatic rings. The number of nitrogens with one attached hydrogen (secondary N) is 1. The van der Waals surface area contributed by atoms with Gasteiger partial charge in [0.15, 0.2) is 0 Å². The van der Waals surface area contributed by atoms with Gasteiger partial charge in [0.2, 0.25) is 0 Å². The lowest BCUT2D eigenvalue weighted by atomic mass is 9.80. The topological polar surface area (TPSA) is 41.5 Å². The molecular weight excluding hydrogens is 154 g/mol. The maximum atomic E-state index is 10.1. The highest BCUT2D eigenvalue weighted by molar-refractivity contribution is 4.89.